The smallest absolute Gasteiger partial charge is 0.261 e. The van der Waals surface area contributed by atoms with Gasteiger partial charge in [-0.25, -0.2) is 17.2 Å². The van der Waals surface area contributed by atoms with Gasteiger partial charge in [0, 0.05) is 29.3 Å². The molecule has 0 saturated carbocycles. The van der Waals surface area contributed by atoms with Crippen LogP contribution in [0, 0.1) is 11.6 Å². The zero-order valence-electron chi connectivity index (χ0n) is 20.1. The molecule has 2 aliphatic rings. The summed E-state index contributed by atoms with van der Waals surface area (Å²) in [7, 11) is -3.95. The van der Waals surface area contributed by atoms with Crippen LogP contribution in [0.15, 0.2) is 71.6 Å². The quantitative estimate of drug-likeness (QED) is 0.400. The minimum Gasteiger partial charge on any atom is -0.487 e. The van der Waals surface area contributed by atoms with E-state index < -0.39 is 40.0 Å². The van der Waals surface area contributed by atoms with Crippen LogP contribution in [0.3, 0.4) is 0 Å². The third-order valence-corrected chi connectivity index (χ3v) is 8.12. The SMILES string of the molecule is O=C(C[C@@H]1C[C@@H]2c3cc(NS(=O)(=O)c4ccc(F)cc4)ccc3O[C@@H]2[C@H](CO)O1)NCc1ccccc1F. The fraction of sp³-hybridized carbons (Fsp3) is 0.296. The molecule has 1 saturated heterocycles. The minimum atomic E-state index is -3.95. The lowest BCUT2D eigenvalue weighted by molar-refractivity contribution is -0.142. The van der Waals surface area contributed by atoms with Crippen LogP contribution in [0.5, 0.6) is 5.75 Å². The summed E-state index contributed by atoms with van der Waals surface area (Å²) < 4.78 is 67.1. The molecule has 1 amide bonds. The molecular formula is C27H26F2N2O6S. The number of halogens is 2. The first-order valence-corrected chi connectivity index (χ1v) is 13.6. The molecule has 2 aliphatic heterocycles. The summed E-state index contributed by atoms with van der Waals surface area (Å²) in [5, 5.41) is 12.6. The topological polar surface area (TPSA) is 114 Å². The number of hydrogen-bond acceptors (Lipinski definition) is 6. The molecule has 200 valence electrons. The number of anilines is 1. The summed E-state index contributed by atoms with van der Waals surface area (Å²) >= 11 is 0. The molecule has 5 rings (SSSR count). The maximum atomic E-state index is 13.9. The van der Waals surface area contributed by atoms with Crippen molar-refractivity contribution in [2.75, 3.05) is 11.3 Å². The van der Waals surface area contributed by atoms with Gasteiger partial charge in [-0.3, -0.25) is 9.52 Å². The second-order valence-corrected chi connectivity index (χ2v) is 11.0. The molecule has 38 heavy (non-hydrogen) atoms. The summed E-state index contributed by atoms with van der Waals surface area (Å²) in [4.78, 5) is 12.5. The number of aliphatic hydroxyl groups excluding tert-OH is 1. The van der Waals surface area contributed by atoms with Gasteiger partial charge in [0.1, 0.15) is 29.6 Å². The molecule has 0 unspecified atom stereocenters. The zero-order chi connectivity index (χ0) is 26.9. The summed E-state index contributed by atoms with van der Waals surface area (Å²) in [6.07, 6.45) is -1.33. The largest absolute Gasteiger partial charge is 0.487 e. The molecule has 0 aliphatic carbocycles. The fourth-order valence-electron chi connectivity index (χ4n) is 4.89. The van der Waals surface area contributed by atoms with E-state index >= 15 is 0 Å². The summed E-state index contributed by atoms with van der Waals surface area (Å²) in [5.41, 5.74) is 1.39. The number of aliphatic hydroxyl groups is 1. The number of hydrogen-bond donors (Lipinski definition) is 3. The monoisotopic (exact) mass is 544 g/mol. The van der Waals surface area contributed by atoms with Crippen LogP contribution in [-0.4, -0.2) is 44.4 Å². The molecule has 1 fully saturated rings. The van der Waals surface area contributed by atoms with Crippen LogP contribution in [0.4, 0.5) is 14.5 Å². The predicted octanol–water partition coefficient (Wildman–Crippen LogP) is 3.47. The van der Waals surface area contributed by atoms with Gasteiger partial charge >= 0.3 is 0 Å². The lowest BCUT2D eigenvalue weighted by atomic mass is 9.84. The molecule has 3 aromatic rings. The van der Waals surface area contributed by atoms with E-state index in [0.29, 0.717) is 23.4 Å². The number of sulfonamides is 1. The van der Waals surface area contributed by atoms with Crippen molar-refractivity contribution >= 4 is 21.6 Å². The first kappa shape index (κ1) is 26.1. The normalized spacial score (nSPS) is 22.2. The van der Waals surface area contributed by atoms with E-state index in [1.165, 1.54) is 18.2 Å². The Hall–Kier alpha value is -3.54. The Labute approximate surface area is 218 Å². The molecular weight excluding hydrogens is 518 g/mol. The lowest BCUT2D eigenvalue weighted by Crippen LogP contribution is -2.47. The highest BCUT2D eigenvalue weighted by Gasteiger charge is 2.46. The van der Waals surface area contributed by atoms with Crippen molar-refractivity contribution in [3.63, 3.8) is 0 Å². The van der Waals surface area contributed by atoms with E-state index in [1.807, 2.05) is 0 Å². The van der Waals surface area contributed by atoms with Crippen LogP contribution in [0.25, 0.3) is 0 Å². The number of benzene rings is 3. The first-order valence-electron chi connectivity index (χ1n) is 12.1. The minimum absolute atomic E-state index is 0.000390. The van der Waals surface area contributed by atoms with Gasteiger partial charge in [-0.05, 0) is 55.0 Å². The molecule has 0 spiro atoms. The van der Waals surface area contributed by atoms with E-state index in [9.17, 15) is 27.1 Å². The van der Waals surface area contributed by atoms with E-state index in [0.717, 1.165) is 17.7 Å². The van der Waals surface area contributed by atoms with Gasteiger partial charge in [-0.15, -0.1) is 0 Å². The van der Waals surface area contributed by atoms with Crippen molar-refractivity contribution in [1.29, 1.82) is 0 Å². The number of carbonyl (C=O) groups excluding carboxylic acids is 1. The van der Waals surface area contributed by atoms with Crippen LogP contribution < -0.4 is 14.8 Å². The maximum Gasteiger partial charge on any atom is 0.261 e. The maximum absolute atomic E-state index is 13.9. The van der Waals surface area contributed by atoms with E-state index in [4.69, 9.17) is 9.47 Å². The van der Waals surface area contributed by atoms with Crippen molar-refractivity contribution in [1.82, 2.24) is 5.32 Å². The Morgan fingerprint density at radius 1 is 1.05 bits per heavy atom. The third kappa shape index (κ3) is 5.50. The number of nitrogens with one attached hydrogen (secondary N) is 2. The number of amides is 1. The van der Waals surface area contributed by atoms with E-state index in [-0.39, 0.29) is 36.3 Å². The molecule has 0 bridgehead atoms. The van der Waals surface area contributed by atoms with Gasteiger partial charge in [-0.1, -0.05) is 18.2 Å². The van der Waals surface area contributed by atoms with Gasteiger partial charge in [0.25, 0.3) is 10.0 Å². The standard InChI is InChI=1S/C27H26F2N2O6S/c28-17-5-8-20(9-6-17)38(34,35)31-18-7-10-24-21(11-18)22-12-19(36-25(15-32)27(22)37-24)13-26(33)30-14-16-3-1-2-4-23(16)29/h1-11,19,22,25,27,31-32H,12-15H2,(H,30,33)/t19-,22+,25-,27-/m0/s1. The molecule has 3 N–H and O–H groups in total. The van der Waals surface area contributed by atoms with Gasteiger partial charge in [0.15, 0.2) is 0 Å². The predicted molar refractivity (Wildman–Crippen MR) is 134 cm³/mol. The van der Waals surface area contributed by atoms with Gasteiger partial charge in [-0.2, -0.15) is 0 Å². The van der Waals surface area contributed by atoms with Gasteiger partial charge in [0.05, 0.1) is 24.0 Å². The first-order chi connectivity index (χ1) is 18.2. The average Bonchev–Trinajstić information content (AvgIpc) is 3.25. The molecule has 2 heterocycles. The van der Waals surface area contributed by atoms with Crippen molar-refractivity contribution < 1.29 is 36.6 Å². The Morgan fingerprint density at radius 2 is 1.82 bits per heavy atom. The van der Waals surface area contributed by atoms with Crippen molar-refractivity contribution in [3.8, 4) is 5.75 Å². The van der Waals surface area contributed by atoms with E-state index in [2.05, 4.69) is 10.0 Å². The fourth-order valence-corrected chi connectivity index (χ4v) is 5.94. The molecule has 4 atom stereocenters. The van der Waals surface area contributed by atoms with Crippen LogP contribution in [0.2, 0.25) is 0 Å². The Kier molecular flexibility index (Phi) is 7.33. The second-order valence-electron chi connectivity index (χ2n) is 9.29. The van der Waals surface area contributed by atoms with E-state index in [1.54, 1.807) is 36.4 Å². The average molecular weight is 545 g/mol. The van der Waals surface area contributed by atoms with Crippen molar-refractivity contribution in [2.45, 2.75) is 48.5 Å². The highest BCUT2D eigenvalue weighted by molar-refractivity contribution is 7.92. The number of ether oxygens (including phenoxy) is 2. The van der Waals surface area contributed by atoms with Crippen LogP contribution in [-0.2, 0) is 26.1 Å². The second kappa shape index (κ2) is 10.7. The molecule has 3 aromatic carbocycles. The number of fused-ring (bicyclic) bond motifs is 3. The third-order valence-electron chi connectivity index (χ3n) is 6.72. The molecule has 0 radical (unpaired) electrons. The van der Waals surface area contributed by atoms with Gasteiger partial charge < -0.3 is 19.9 Å². The molecule has 0 aromatic heterocycles. The summed E-state index contributed by atoms with van der Waals surface area (Å²) in [6, 6.07) is 15.5. The highest BCUT2D eigenvalue weighted by atomic mass is 32.2. The summed E-state index contributed by atoms with van der Waals surface area (Å²) in [6.45, 7) is -0.288. The van der Waals surface area contributed by atoms with Crippen molar-refractivity contribution in [3.05, 3.63) is 89.5 Å². The van der Waals surface area contributed by atoms with Crippen LogP contribution in [0.1, 0.15) is 29.9 Å². The molecule has 11 heteroatoms. The Morgan fingerprint density at radius 3 is 2.55 bits per heavy atom. The van der Waals surface area contributed by atoms with Gasteiger partial charge in [0.2, 0.25) is 5.91 Å². The number of rotatable bonds is 8. The van der Waals surface area contributed by atoms with Crippen molar-refractivity contribution in [2.24, 2.45) is 0 Å². The highest BCUT2D eigenvalue weighted by Crippen LogP contribution is 2.47. The number of carbonyl (C=O) groups is 1. The summed E-state index contributed by atoms with van der Waals surface area (Å²) in [5.74, 6) is -0.992. The lowest BCUT2D eigenvalue weighted by Gasteiger charge is -2.37. The Balaban J connectivity index is 1.29. The zero-order valence-corrected chi connectivity index (χ0v) is 21.0. The Bertz CT molecular complexity index is 1430. The van der Waals surface area contributed by atoms with Crippen LogP contribution >= 0.6 is 0 Å². The molecule has 8 nitrogen and oxygen atoms in total.